The maximum Gasteiger partial charge on any atom is 0.308 e. The van der Waals surface area contributed by atoms with Gasteiger partial charge in [-0.3, -0.25) is 14.6 Å². The summed E-state index contributed by atoms with van der Waals surface area (Å²) >= 11 is 0. The molecule has 1 aromatic heterocycles. The molecule has 5 heteroatoms. The molecule has 21 heavy (non-hydrogen) atoms. The van der Waals surface area contributed by atoms with E-state index in [-0.39, 0.29) is 11.9 Å². The summed E-state index contributed by atoms with van der Waals surface area (Å²) in [6.07, 6.45) is 10.7. The lowest BCUT2D eigenvalue weighted by Crippen LogP contribution is -2.42. The molecule has 1 saturated carbocycles. The Morgan fingerprint density at radius 1 is 1.29 bits per heavy atom. The molecule has 0 spiro atoms. The van der Waals surface area contributed by atoms with Crippen molar-refractivity contribution in [3.8, 4) is 0 Å². The number of carbonyl (C=O) groups excluding carboxylic acids is 1. The van der Waals surface area contributed by atoms with E-state index in [2.05, 4.69) is 10.3 Å². The first-order chi connectivity index (χ1) is 10.2. The summed E-state index contributed by atoms with van der Waals surface area (Å²) in [5, 5.41) is 12.1. The highest BCUT2D eigenvalue weighted by Gasteiger charge is 2.30. The van der Waals surface area contributed by atoms with E-state index < -0.39 is 11.9 Å². The fourth-order valence-corrected chi connectivity index (χ4v) is 2.65. The van der Waals surface area contributed by atoms with Crippen LogP contribution in [0, 0.1) is 5.92 Å². The molecule has 1 amide bonds. The Balaban J connectivity index is 1.96. The second kappa shape index (κ2) is 7.57. The molecule has 0 aliphatic heterocycles. The fourth-order valence-electron chi connectivity index (χ4n) is 2.65. The van der Waals surface area contributed by atoms with Crippen LogP contribution in [0.2, 0.25) is 0 Å². The lowest BCUT2D eigenvalue weighted by Gasteiger charge is -2.22. The second-order valence-electron chi connectivity index (χ2n) is 5.32. The van der Waals surface area contributed by atoms with Gasteiger partial charge in [-0.2, -0.15) is 0 Å². The molecule has 1 aliphatic rings. The zero-order chi connectivity index (χ0) is 15.1. The summed E-state index contributed by atoms with van der Waals surface area (Å²) < 4.78 is 0. The van der Waals surface area contributed by atoms with Gasteiger partial charge < -0.3 is 10.4 Å². The topological polar surface area (TPSA) is 79.3 Å². The van der Waals surface area contributed by atoms with Gasteiger partial charge in [0.05, 0.1) is 5.92 Å². The van der Waals surface area contributed by atoms with E-state index in [9.17, 15) is 14.7 Å². The third-order valence-electron chi connectivity index (χ3n) is 3.77. The van der Waals surface area contributed by atoms with Gasteiger partial charge in [0, 0.05) is 24.5 Å². The van der Waals surface area contributed by atoms with Crippen molar-refractivity contribution in [1.82, 2.24) is 10.3 Å². The number of aromatic nitrogens is 1. The first-order valence-electron chi connectivity index (χ1n) is 7.28. The third kappa shape index (κ3) is 4.70. The van der Waals surface area contributed by atoms with Gasteiger partial charge >= 0.3 is 5.97 Å². The largest absolute Gasteiger partial charge is 0.481 e. The molecule has 0 bridgehead atoms. The monoisotopic (exact) mass is 288 g/mol. The normalized spacial score (nSPS) is 22.7. The van der Waals surface area contributed by atoms with Gasteiger partial charge in [0.1, 0.15) is 0 Å². The highest BCUT2D eigenvalue weighted by atomic mass is 16.4. The maximum absolute atomic E-state index is 12.0. The van der Waals surface area contributed by atoms with Crippen LogP contribution in [0.15, 0.2) is 30.6 Å². The number of carboxylic acid groups (broad SMARTS) is 1. The molecular formula is C16H20N2O3. The SMILES string of the molecule is O=C(/C=C/c1cccnc1)NC1CCCCCC1C(=O)O. The number of hydrogen-bond acceptors (Lipinski definition) is 3. The maximum atomic E-state index is 12.0. The van der Waals surface area contributed by atoms with Crippen molar-refractivity contribution in [1.29, 1.82) is 0 Å². The summed E-state index contributed by atoms with van der Waals surface area (Å²) in [6.45, 7) is 0. The number of carbonyl (C=O) groups is 2. The smallest absolute Gasteiger partial charge is 0.308 e. The predicted molar refractivity (Wildman–Crippen MR) is 79.4 cm³/mol. The minimum atomic E-state index is -0.821. The number of carboxylic acids is 1. The zero-order valence-corrected chi connectivity index (χ0v) is 11.9. The minimum Gasteiger partial charge on any atom is -0.481 e. The number of hydrogen-bond donors (Lipinski definition) is 2. The number of nitrogens with zero attached hydrogens (tertiary/aromatic N) is 1. The van der Waals surface area contributed by atoms with E-state index in [1.54, 1.807) is 24.5 Å². The average molecular weight is 288 g/mol. The average Bonchev–Trinajstić information content (AvgIpc) is 2.72. The lowest BCUT2D eigenvalue weighted by molar-refractivity contribution is -0.143. The van der Waals surface area contributed by atoms with Gasteiger partial charge in [0.15, 0.2) is 0 Å². The first kappa shape index (κ1) is 15.2. The Morgan fingerprint density at radius 3 is 2.81 bits per heavy atom. The van der Waals surface area contributed by atoms with Crippen LogP contribution in [0.1, 0.15) is 37.7 Å². The number of rotatable bonds is 4. The van der Waals surface area contributed by atoms with Crippen molar-refractivity contribution < 1.29 is 14.7 Å². The van der Waals surface area contributed by atoms with Gasteiger partial charge in [0.2, 0.25) is 5.91 Å². The molecule has 5 nitrogen and oxygen atoms in total. The summed E-state index contributed by atoms with van der Waals surface area (Å²) in [5.41, 5.74) is 0.836. The quantitative estimate of drug-likeness (QED) is 0.658. The van der Waals surface area contributed by atoms with Crippen LogP contribution >= 0.6 is 0 Å². The van der Waals surface area contributed by atoms with Crippen molar-refractivity contribution in [2.45, 2.75) is 38.1 Å². The molecule has 2 N–H and O–H groups in total. The molecule has 1 aromatic rings. The number of amides is 1. The summed E-state index contributed by atoms with van der Waals surface area (Å²) in [4.78, 5) is 27.2. The summed E-state index contributed by atoms with van der Waals surface area (Å²) in [6, 6.07) is 3.36. The van der Waals surface area contributed by atoms with Crippen molar-refractivity contribution in [2.75, 3.05) is 0 Å². The molecule has 1 aliphatic carbocycles. The van der Waals surface area contributed by atoms with Crippen molar-refractivity contribution in [2.24, 2.45) is 5.92 Å². The van der Waals surface area contributed by atoms with Gasteiger partial charge in [-0.15, -0.1) is 0 Å². The molecule has 2 unspecified atom stereocenters. The van der Waals surface area contributed by atoms with Crippen LogP contribution < -0.4 is 5.32 Å². The number of pyridine rings is 1. The van der Waals surface area contributed by atoms with Crippen molar-refractivity contribution in [3.63, 3.8) is 0 Å². The van der Waals surface area contributed by atoms with Crippen LogP contribution in [0.4, 0.5) is 0 Å². The Kier molecular flexibility index (Phi) is 5.49. The minimum absolute atomic E-state index is 0.253. The molecule has 0 aromatic carbocycles. The van der Waals surface area contributed by atoms with E-state index in [1.165, 1.54) is 6.08 Å². The molecule has 0 saturated heterocycles. The fraction of sp³-hybridized carbons (Fsp3) is 0.438. The van der Waals surface area contributed by atoms with E-state index in [0.29, 0.717) is 6.42 Å². The summed E-state index contributed by atoms with van der Waals surface area (Å²) in [7, 11) is 0. The number of aliphatic carboxylic acids is 1. The zero-order valence-electron chi connectivity index (χ0n) is 11.9. The van der Waals surface area contributed by atoms with E-state index in [0.717, 1.165) is 31.2 Å². The molecule has 2 atom stereocenters. The van der Waals surface area contributed by atoms with E-state index >= 15 is 0 Å². The number of nitrogens with one attached hydrogen (secondary N) is 1. The first-order valence-corrected chi connectivity index (χ1v) is 7.28. The Bertz CT molecular complexity index is 514. The standard InChI is InChI=1S/C16H20N2O3/c19-15(9-8-12-5-4-10-17-11-12)18-14-7-3-1-2-6-13(14)16(20)21/h4-5,8-11,13-14H,1-3,6-7H2,(H,18,19)(H,20,21)/b9-8+. The van der Waals surface area contributed by atoms with Gasteiger partial charge in [-0.25, -0.2) is 0 Å². The van der Waals surface area contributed by atoms with E-state index in [1.807, 2.05) is 6.07 Å². The molecule has 0 radical (unpaired) electrons. The van der Waals surface area contributed by atoms with Crippen LogP contribution in [-0.4, -0.2) is 28.0 Å². The van der Waals surface area contributed by atoms with Gasteiger partial charge in [-0.1, -0.05) is 25.3 Å². The van der Waals surface area contributed by atoms with Crippen molar-refractivity contribution in [3.05, 3.63) is 36.2 Å². The molecule has 1 fully saturated rings. The van der Waals surface area contributed by atoms with Crippen LogP contribution in [0.5, 0.6) is 0 Å². The van der Waals surface area contributed by atoms with E-state index in [4.69, 9.17) is 0 Å². The highest BCUT2D eigenvalue weighted by Crippen LogP contribution is 2.23. The Hall–Kier alpha value is -2.17. The second-order valence-corrected chi connectivity index (χ2v) is 5.32. The van der Waals surface area contributed by atoms with Gasteiger partial charge in [0.25, 0.3) is 0 Å². The molecule has 2 rings (SSSR count). The molecule has 112 valence electrons. The van der Waals surface area contributed by atoms with Crippen LogP contribution in [0.3, 0.4) is 0 Å². The Morgan fingerprint density at radius 2 is 2.10 bits per heavy atom. The highest BCUT2D eigenvalue weighted by molar-refractivity contribution is 5.92. The lowest BCUT2D eigenvalue weighted by atomic mass is 9.95. The van der Waals surface area contributed by atoms with Gasteiger partial charge in [-0.05, 0) is 30.5 Å². The van der Waals surface area contributed by atoms with Crippen LogP contribution in [0.25, 0.3) is 6.08 Å². The van der Waals surface area contributed by atoms with Crippen LogP contribution in [-0.2, 0) is 9.59 Å². The van der Waals surface area contributed by atoms with Crippen molar-refractivity contribution >= 4 is 18.0 Å². The predicted octanol–water partition coefficient (Wildman–Crippen LogP) is 2.24. The molecular weight excluding hydrogens is 268 g/mol. The summed E-state index contributed by atoms with van der Waals surface area (Å²) in [5.74, 6) is -1.56. The third-order valence-corrected chi connectivity index (χ3v) is 3.77. The molecule has 1 heterocycles. The Labute approximate surface area is 124 Å².